The van der Waals surface area contributed by atoms with Gasteiger partial charge in [-0.05, 0) is 12.1 Å². The van der Waals surface area contributed by atoms with E-state index in [1.807, 2.05) is 12.1 Å². The van der Waals surface area contributed by atoms with E-state index in [2.05, 4.69) is 19.9 Å². The molecule has 4 rings (SSSR count). The van der Waals surface area contributed by atoms with Crippen molar-refractivity contribution in [2.45, 2.75) is 35.6 Å². The van der Waals surface area contributed by atoms with Crippen molar-refractivity contribution >= 4 is 29.3 Å². The van der Waals surface area contributed by atoms with Crippen LogP contribution in [0.1, 0.15) is 30.5 Å². The molecule has 1 aliphatic carbocycles. The number of nitrogens with zero attached hydrogens (tertiary/aromatic N) is 4. The molecule has 0 atom stereocenters. The first-order chi connectivity index (χ1) is 12.9. The molecule has 140 valence electrons. The smallest absolute Gasteiger partial charge is 0.249 e. The highest BCUT2D eigenvalue weighted by Gasteiger charge is 2.47. The van der Waals surface area contributed by atoms with Gasteiger partial charge in [-0.1, -0.05) is 35.5 Å². The van der Waals surface area contributed by atoms with Gasteiger partial charge in [0.1, 0.15) is 5.82 Å². The Morgan fingerprint density at radius 2 is 2.07 bits per heavy atom. The van der Waals surface area contributed by atoms with Crippen molar-refractivity contribution in [3.8, 4) is 11.3 Å². The molecule has 2 aromatic heterocycles. The van der Waals surface area contributed by atoms with E-state index in [0.717, 1.165) is 5.56 Å². The summed E-state index contributed by atoms with van der Waals surface area (Å²) in [5.74, 6) is -1.27. The van der Waals surface area contributed by atoms with Gasteiger partial charge in [0.25, 0.3) is 0 Å². The Morgan fingerprint density at radius 3 is 2.81 bits per heavy atom. The van der Waals surface area contributed by atoms with Crippen LogP contribution in [0.5, 0.6) is 0 Å². The Labute approximate surface area is 162 Å². The molecule has 27 heavy (non-hydrogen) atoms. The zero-order valence-electron chi connectivity index (χ0n) is 13.9. The van der Waals surface area contributed by atoms with Gasteiger partial charge in [-0.15, -0.1) is 0 Å². The SMILES string of the molecule is Nc1nc(SCc2ncc(-c3cccc(Cl)c3)o2)nc(C2CC(F)(F)C2)n1. The van der Waals surface area contributed by atoms with E-state index in [1.165, 1.54) is 11.8 Å². The zero-order valence-corrected chi connectivity index (χ0v) is 15.5. The highest BCUT2D eigenvalue weighted by atomic mass is 35.5. The van der Waals surface area contributed by atoms with Crippen LogP contribution in [-0.4, -0.2) is 25.9 Å². The van der Waals surface area contributed by atoms with Crippen LogP contribution < -0.4 is 5.73 Å². The topological polar surface area (TPSA) is 90.7 Å². The van der Waals surface area contributed by atoms with Gasteiger partial charge < -0.3 is 10.2 Å². The lowest BCUT2D eigenvalue weighted by molar-refractivity contribution is -0.0886. The van der Waals surface area contributed by atoms with Crippen LogP contribution in [0.15, 0.2) is 40.0 Å². The molecule has 0 radical (unpaired) electrons. The number of hydrogen-bond acceptors (Lipinski definition) is 7. The molecular weight excluding hydrogens is 396 g/mol. The minimum Gasteiger partial charge on any atom is -0.440 e. The van der Waals surface area contributed by atoms with Crippen LogP contribution in [-0.2, 0) is 5.75 Å². The summed E-state index contributed by atoms with van der Waals surface area (Å²) in [5.41, 5.74) is 6.52. The third kappa shape index (κ3) is 4.19. The lowest BCUT2D eigenvalue weighted by Gasteiger charge is -2.33. The zero-order chi connectivity index (χ0) is 19.0. The molecule has 6 nitrogen and oxygen atoms in total. The maximum atomic E-state index is 13.1. The van der Waals surface area contributed by atoms with Crippen LogP contribution in [0.3, 0.4) is 0 Å². The van der Waals surface area contributed by atoms with E-state index in [9.17, 15) is 8.78 Å². The van der Waals surface area contributed by atoms with Crippen molar-refractivity contribution in [3.05, 3.63) is 47.2 Å². The van der Waals surface area contributed by atoms with Gasteiger partial charge >= 0.3 is 0 Å². The molecule has 1 saturated carbocycles. The van der Waals surface area contributed by atoms with E-state index >= 15 is 0 Å². The summed E-state index contributed by atoms with van der Waals surface area (Å²) < 4.78 is 31.9. The van der Waals surface area contributed by atoms with Crippen molar-refractivity contribution in [1.29, 1.82) is 0 Å². The fourth-order valence-electron chi connectivity index (χ4n) is 2.76. The van der Waals surface area contributed by atoms with Crippen molar-refractivity contribution in [2.75, 3.05) is 5.73 Å². The van der Waals surface area contributed by atoms with Crippen LogP contribution in [0.2, 0.25) is 5.02 Å². The minimum atomic E-state index is -2.64. The normalized spacial score (nSPS) is 16.3. The van der Waals surface area contributed by atoms with E-state index in [-0.39, 0.29) is 24.7 Å². The van der Waals surface area contributed by atoms with Crippen molar-refractivity contribution in [1.82, 2.24) is 19.9 Å². The van der Waals surface area contributed by atoms with Gasteiger partial charge in [-0.2, -0.15) is 9.97 Å². The molecule has 2 heterocycles. The summed E-state index contributed by atoms with van der Waals surface area (Å²) in [6.07, 6.45) is 1.10. The maximum Gasteiger partial charge on any atom is 0.249 e. The molecule has 1 fully saturated rings. The highest BCUT2D eigenvalue weighted by molar-refractivity contribution is 7.98. The summed E-state index contributed by atoms with van der Waals surface area (Å²) in [6, 6.07) is 7.26. The van der Waals surface area contributed by atoms with Crippen LogP contribution in [0.25, 0.3) is 11.3 Å². The third-order valence-corrected chi connectivity index (χ3v) is 5.16. The van der Waals surface area contributed by atoms with Gasteiger partial charge in [0.2, 0.25) is 17.8 Å². The third-order valence-electron chi connectivity index (χ3n) is 4.09. The average Bonchev–Trinajstić information content (AvgIpc) is 3.06. The number of halogens is 3. The second-order valence-electron chi connectivity index (χ2n) is 6.21. The highest BCUT2D eigenvalue weighted by Crippen LogP contribution is 2.47. The number of anilines is 1. The standard InChI is InChI=1S/C17H14ClF2N5OS/c18-11-3-1-2-9(4-11)12-7-22-13(26-12)8-27-16-24-14(23-15(21)25-16)10-5-17(19,20)6-10/h1-4,7,10H,5-6,8H2,(H2,21,23,24,25). The number of benzene rings is 1. The molecule has 0 saturated heterocycles. The van der Waals surface area contributed by atoms with E-state index < -0.39 is 5.92 Å². The Kier molecular flexibility index (Phi) is 4.73. The summed E-state index contributed by atoms with van der Waals surface area (Å²) in [4.78, 5) is 16.5. The predicted octanol–water partition coefficient (Wildman–Crippen LogP) is 4.57. The van der Waals surface area contributed by atoms with E-state index in [0.29, 0.717) is 33.4 Å². The molecular formula is C17H14ClF2N5OS. The van der Waals surface area contributed by atoms with Gasteiger partial charge in [0.05, 0.1) is 11.9 Å². The van der Waals surface area contributed by atoms with Crippen LogP contribution >= 0.6 is 23.4 Å². The first-order valence-corrected chi connectivity index (χ1v) is 9.47. The number of nitrogen functional groups attached to an aromatic ring is 1. The molecule has 0 amide bonds. The van der Waals surface area contributed by atoms with E-state index in [4.69, 9.17) is 21.8 Å². The number of alkyl halides is 2. The van der Waals surface area contributed by atoms with E-state index in [1.54, 1.807) is 18.3 Å². The minimum absolute atomic E-state index is 0.0183. The molecule has 1 aliphatic rings. The van der Waals surface area contributed by atoms with Gasteiger partial charge in [-0.25, -0.2) is 18.7 Å². The van der Waals surface area contributed by atoms with Crippen LogP contribution in [0.4, 0.5) is 14.7 Å². The Morgan fingerprint density at radius 1 is 1.26 bits per heavy atom. The summed E-state index contributed by atoms with van der Waals surface area (Å²) >= 11 is 7.24. The number of thioether (sulfide) groups is 1. The lowest BCUT2D eigenvalue weighted by atomic mass is 9.81. The largest absolute Gasteiger partial charge is 0.440 e. The quantitative estimate of drug-likeness (QED) is 0.617. The fraction of sp³-hybridized carbons (Fsp3) is 0.294. The second kappa shape index (κ2) is 7.05. The number of aromatic nitrogens is 4. The van der Waals surface area contributed by atoms with Crippen molar-refractivity contribution in [2.24, 2.45) is 0 Å². The molecule has 0 aliphatic heterocycles. The fourth-order valence-corrected chi connectivity index (χ4v) is 3.65. The Hall–Kier alpha value is -2.26. The Bertz CT molecular complexity index is 975. The summed E-state index contributed by atoms with van der Waals surface area (Å²) in [7, 11) is 0. The van der Waals surface area contributed by atoms with Gasteiger partial charge in [0, 0.05) is 29.3 Å². The molecule has 0 spiro atoms. The number of rotatable bonds is 5. The summed E-state index contributed by atoms with van der Waals surface area (Å²) in [5, 5.41) is 0.963. The lowest BCUT2D eigenvalue weighted by Crippen LogP contribution is -2.35. The van der Waals surface area contributed by atoms with Gasteiger partial charge in [-0.3, -0.25) is 0 Å². The monoisotopic (exact) mass is 409 g/mol. The van der Waals surface area contributed by atoms with Crippen molar-refractivity contribution in [3.63, 3.8) is 0 Å². The van der Waals surface area contributed by atoms with Crippen LogP contribution in [0, 0.1) is 0 Å². The maximum absolute atomic E-state index is 13.1. The first kappa shape index (κ1) is 18.1. The number of oxazole rings is 1. The number of hydrogen-bond donors (Lipinski definition) is 1. The predicted molar refractivity (Wildman–Crippen MR) is 97.7 cm³/mol. The molecule has 10 heteroatoms. The van der Waals surface area contributed by atoms with Crippen molar-refractivity contribution < 1.29 is 13.2 Å². The first-order valence-electron chi connectivity index (χ1n) is 8.11. The average molecular weight is 410 g/mol. The molecule has 0 bridgehead atoms. The summed E-state index contributed by atoms with van der Waals surface area (Å²) in [6.45, 7) is 0. The molecule has 0 unspecified atom stereocenters. The molecule has 3 aromatic rings. The number of nitrogens with two attached hydrogens (primary N) is 1. The molecule has 2 N–H and O–H groups in total. The molecule has 1 aromatic carbocycles. The second-order valence-corrected chi connectivity index (χ2v) is 7.59. The van der Waals surface area contributed by atoms with Gasteiger partial charge in [0.15, 0.2) is 10.9 Å². The Balaban J connectivity index is 1.44.